The van der Waals surface area contributed by atoms with Crippen molar-refractivity contribution in [3.8, 4) is 45.0 Å². The summed E-state index contributed by atoms with van der Waals surface area (Å²) in [5, 5.41) is 0. The topological polar surface area (TPSA) is 25.8 Å². The molecule has 2 heteroatoms. The van der Waals surface area contributed by atoms with Crippen molar-refractivity contribution in [2.45, 2.75) is 11.8 Å². The van der Waals surface area contributed by atoms with Crippen molar-refractivity contribution >= 4 is 0 Å². The monoisotopic (exact) mass is 538 g/mol. The van der Waals surface area contributed by atoms with E-state index in [2.05, 4.69) is 146 Å². The van der Waals surface area contributed by atoms with Gasteiger partial charge < -0.3 is 0 Å². The van der Waals surface area contributed by atoms with E-state index in [0.29, 0.717) is 23.7 Å². The normalized spacial score (nSPS) is 21.4. The highest BCUT2D eigenvalue weighted by Crippen LogP contribution is 2.52. The van der Waals surface area contributed by atoms with Gasteiger partial charge in [0.25, 0.3) is 0 Å². The Morgan fingerprint density at radius 2 is 0.929 bits per heavy atom. The fourth-order valence-corrected chi connectivity index (χ4v) is 6.95. The number of fused-ring (bicyclic) bond motifs is 6. The van der Waals surface area contributed by atoms with E-state index in [4.69, 9.17) is 9.97 Å². The molecule has 3 aliphatic rings. The van der Waals surface area contributed by atoms with Crippen LogP contribution in [0.3, 0.4) is 0 Å². The number of hydrogen-bond acceptors (Lipinski definition) is 2. The van der Waals surface area contributed by atoms with Gasteiger partial charge in [-0.1, -0.05) is 152 Å². The van der Waals surface area contributed by atoms with Crippen LogP contribution in [0.5, 0.6) is 0 Å². The molecule has 1 aromatic heterocycles. The van der Waals surface area contributed by atoms with E-state index in [1.165, 1.54) is 16.7 Å². The van der Waals surface area contributed by atoms with E-state index >= 15 is 0 Å². The predicted molar refractivity (Wildman–Crippen MR) is 173 cm³/mol. The molecule has 8 rings (SSSR count). The van der Waals surface area contributed by atoms with Crippen LogP contribution in [0.1, 0.15) is 23.0 Å². The molecular weight excluding hydrogens is 508 g/mol. The highest BCUT2D eigenvalue weighted by Gasteiger charge is 2.39. The van der Waals surface area contributed by atoms with Gasteiger partial charge in [0.2, 0.25) is 0 Å². The van der Waals surface area contributed by atoms with Crippen molar-refractivity contribution in [3.05, 3.63) is 169 Å². The second-order valence-corrected chi connectivity index (χ2v) is 11.3. The first-order valence-corrected chi connectivity index (χ1v) is 14.8. The van der Waals surface area contributed by atoms with Crippen LogP contribution >= 0.6 is 0 Å². The molecule has 0 N–H and O–H groups in total. The van der Waals surface area contributed by atoms with E-state index in [0.717, 1.165) is 39.5 Å². The molecule has 0 spiro atoms. The minimum atomic E-state index is 0.372. The summed E-state index contributed by atoms with van der Waals surface area (Å²) in [6.07, 6.45) is 18.4. The molecule has 42 heavy (non-hydrogen) atoms. The van der Waals surface area contributed by atoms with Gasteiger partial charge in [-0.3, -0.25) is 0 Å². The van der Waals surface area contributed by atoms with Crippen LogP contribution in [0, 0.1) is 11.8 Å². The highest BCUT2D eigenvalue weighted by molar-refractivity contribution is 5.83. The smallest absolute Gasteiger partial charge is 0.161 e. The second-order valence-electron chi connectivity index (χ2n) is 11.3. The minimum absolute atomic E-state index is 0.372. The van der Waals surface area contributed by atoms with Crippen LogP contribution < -0.4 is 0 Å². The Morgan fingerprint density at radius 1 is 0.405 bits per heavy atom. The standard InChI is InChI=1S/C40H30N2/c1-3-13-27(14-4-1)38-26-39(28-15-5-2-6-16-28)42-40(41-38)36-22-12-7-17-30(36)29-23-24-35-33-20-9-8-18-31(33)32-19-10-11-21-34(32)37(35)25-29/h1-26,31-34H. The zero-order valence-corrected chi connectivity index (χ0v) is 23.2. The summed E-state index contributed by atoms with van der Waals surface area (Å²) in [6, 6.07) is 38.5. The average Bonchev–Trinajstić information content (AvgIpc) is 3.09. The van der Waals surface area contributed by atoms with Gasteiger partial charge in [0.1, 0.15) is 0 Å². The molecule has 4 atom stereocenters. The Kier molecular flexibility index (Phi) is 6.11. The molecule has 0 bridgehead atoms. The summed E-state index contributed by atoms with van der Waals surface area (Å²) in [6.45, 7) is 0. The molecule has 3 aliphatic carbocycles. The maximum atomic E-state index is 5.14. The zero-order chi connectivity index (χ0) is 27.9. The minimum Gasteiger partial charge on any atom is -0.228 e. The maximum Gasteiger partial charge on any atom is 0.161 e. The summed E-state index contributed by atoms with van der Waals surface area (Å²) < 4.78 is 0. The van der Waals surface area contributed by atoms with Crippen molar-refractivity contribution in [2.24, 2.45) is 11.8 Å². The van der Waals surface area contributed by atoms with Gasteiger partial charge in [0, 0.05) is 28.5 Å². The van der Waals surface area contributed by atoms with E-state index in [1.807, 2.05) is 12.1 Å². The summed E-state index contributed by atoms with van der Waals surface area (Å²) in [5.41, 5.74) is 10.3. The van der Waals surface area contributed by atoms with Crippen LogP contribution in [-0.2, 0) is 0 Å². The first kappa shape index (κ1) is 24.7. The summed E-state index contributed by atoms with van der Waals surface area (Å²) in [5.74, 6) is 2.49. The average molecular weight is 539 g/mol. The Hall–Kier alpha value is -5.08. The van der Waals surface area contributed by atoms with E-state index < -0.39 is 0 Å². The van der Waals surface area contributed by atoms with Gasteiger partial charge in [-0.05, 0) is 40.2 Å². The number of hydrogen-bond donors (Lipinski definition) is 0. The molecule has 4 aromatic carbocycles. The number of rotatable bonds is 4. The van der Waals surface area contributed by atoms with Gasteiger partial charge in [-0.2, -0.15) is 0 Å². The van der Waals surface area contributed by atoms with E-state index in [1.54, 1.807) is 0 Å². The molecule has 0 saturated heterocycles. The number of allylic oxidation sites excluding steroid dienone is 8. The predicted octanol–water partition coefficient (Wildman–Crippen LogP) is 9.81. The maximum absolute atomic E-state index is 5.14. The lowest BCUT2D eigenvalue weighted by atomic mass is 9.61. The third-order valence-electron chi connectivity index (χ3n) is 8.95. The lowest BCUT2D eigenvalue weighted by Gasteiger charge is -2.42. The van der Waals surface area contributed by atoms with E-state index in [9.17, 15) is 0 Å². The summed E-state index contributed by atoms with van der Waals surface area (Å²) in [7, 11) is 0. The SMILES string of the molecule is C1=CC2c3ccc(-c4ccccc4-c4nc(-c5ccccc5)cc(-c5ccccc5)n4)cc3C3C=CC=CC3C2C=C1. The summed E-state index contributed by atoms with van der Waals surface area (Å²) >= 11 is 0. The molecule has 5 aromatic rings. The van der Waals surface area contributed by atoms with Gasteiger partial charge in [-0.15, -0.1) is 0 Å². The van der Waals surface area contributed by atoms with Gasteiger partial charge in [-0.25, -0.2) is 9.97 Å². The lowest BCUT2D eigenvalue weighted by molar-refractivity contribution is 0.370. The highest BCUT2D eigenvalue weighted by atomic mass is 14.9. The van der Waals surface area contributed by atoms with Crippen LogP contribution in [0.2, 0.25) is 0 Å². The molecule has 4 unspecified atom stereocenters. The number of aromatic nitrogens is 2. The fourth-order valence-electron chi connectivity index (χ4n) is 6.95. The number of benzene rings is 4. The van der Waals surface area contributed by atoms with Crippen molar-refractivity contribution in [3.63, 3.8) is 0 Å². The van der Waals surface area contributed by atoms with Crippen LogP contribution in [0.15, 0.2) is 158 Å². The first-order chi connectivity index (χ1) is 20.8. The first-order valence-electron chi connectivity index (χ1n) is 14.8. The second kappa shape index (κ2) is 10.4. The van der Waals surface area contributed by atoms with Crippen LogP contribution in [-0.4, -0.2) is 9.97 Å². The molecule has 0 radical (unpaired) electrons. The van der Waals surface area contributed by atoms with Gasteiger partial charge in [0.05, 0.1) is 11.4 Å². The van der Waals surface area contributed by atoms with Crippen molar-refractivity contribution in [1.82, 2.24) is 9.97 Å². The third-order valence-corrected chi connectivity index (χ3v) is 8.95. The lowest BCUT2D eigenvalue weighted by Crippen LogP contribution is -2.31. The Balaban J connectivity index is 1.28. The zero-order valence-electron chi connectivity index (χ0n) is 23.2. The molecular formula is C40H30N2. The molecule has 0 amide bonds. The number of nitrogens with zero attached hydrogens (tertiary/aromatic N) is 2. The molecule has 0 fully saturated rings. The van der Waals surface area contributed by atoms with Crippen molar-refractivity contribution in [2.75, 3.05) is 0 Å². The molecule has 2 nitrogen and oxygen atoms in total. The molecule has 0 aliphatic heterocycles. The third kappa shape index (κ3) is 4.28. The largest absolute Gasteiger partial charge is 0.228 e. The Bertz CT molecular complexity index is 1840. The van der Waals surface area contributed by atoms with E-state index in [-0.39, 0.29) is 0 Å². The fraction of sp³-hybridized carbons (Fsp3) is 0.100. The van der Waals surface area contributed by atoms with Crippen LogP contribution in [0.25, 0.3) is 45.0 Å². The van der Waals surface area contributed by atoms with Crippen molar-refractivity contribution < 1.29 is 0 Å². The Labute approximate surface area is 247 Å². The molecule has 1 heterocycles. The Morgan fingerprint density at radius 3 is 1.55 bits per heavy atom. The molecule has 0 saturated carbocycles. The quantitative estimate of drug-likeness (QED) is 0.228. The van der Waals surface area contributed by atoms with Gasteiger partial charge in [0.15, 0.2) is 5.82 Å². The van der Waals surface area contributed by atoms with Gasteiger partial charge >= 0.3 is 0 Å². The summed E-state index contributed by atoms with van der Waals surface area (Å²) in [4.78, 5) is 10.3. The molecule has 200 valence electrons. The van der Waals surface area contributed by atoms with Crippen LogP contribution in [0.4, 0.5) is 0 Å². The van der Waals surface area contributed by atoms with Crippen molar-refractivity contribution in [1.29, 1.82) is 0 Å².